The Balaban J connectivity index is 1.53. The van der Waals surface area contributed by atoms with Gasteiger partial charge in [-0.2, -0.15) is 0 Å². The molecular weight excluding hydrogens is 332 g/mol. The standard InChI is InChI=1S/C24H48N2O/c1-6-10-22(5)27-24-14-12-23(13-15-24)11-8-9-16-25-17-18-26(20(3)7-2)21(4)19-25/h20-24H,6-19H2,1-5H3/t20?,21-,22?,23?,24?/m1/s1. The average Bonchev–Trinajstić information content (AvgIpc) is 2.66. The van der Waals surface area contributed by atoms with Gasteiger partial charge in [-0.3, -0.25) is 4.90 Å². The molecular formula is C24H48N2O. The monoisotopic (exact) mass is 380 g/mol. The van der Waals surface area contributed by atoms with E-state index in [2.05, 4.69) is 44.4 Å². The molecule has 1 aliphatic carbocycles. The Morgan fingerprint density at radius 2 is 1.74 bits per heavy atom. The quantitative estimate of drug-likeness (QED) is 0.426. The maximum atomic E-state index is 6.22. The fourth-order valence-corrected chi connectivity index (χ4v) is 5.27. The van der Waals surface area contributed by atoms with E-state index < -0.39 is 0 Å². The molecule has 1 aliphatic heterocycles. The Kier molecular flexibility index (Phi) is 10.7. The molecule has 0 aromatic rings. The number of unbranched alkanes of at least 4 members (excludes halogenated alkanes) is 1. The summed E-state index contributed by atoms with van der Waals surface area (Å²) >= 11 is 0. The molecule has 2 aliphatic rings. The second-order valence-electron chi connectivity index (χ2n) is 9.52. The van der Waals surface area contributed by atoms with E-state index in [0.29, 0.717) is 12.2 Å². The highest BCUT2D eigenvalue weighted by Crippen LogP contribution is 2.30. The van der Waals surface area contributed by atoms with Crippen LogP contribution in [0.5, 0.6) is 0 Å². The molecule has 3 heteroatoms. The van der Waals surface area contributed by atoms with Crippen molar-refractivity contribution in [2.45, 2.75) is 123 Å². The van der Waals surface area contributed by atoms with Crippen LogP contribution in [-0.2, 0) is 4.74 Å². The molecule has 160 valence electrons. The van der Waals surface area contributed by atoms with E-state index in [9.17, 15) is 0 Å². The van der Waals surface area contributed by atoms with Crippen molar-refractivity contribution in [1.82, 2.24) is 9.80 Å². The smallest absolute Gasteiger partial charge is 0.0579 e. The first kappa shape index (κ1) is 23.2. The van der Waals surface area contributed by atoms with Crippen LogP contribution in [-0.4, -0.2) is 60.3 Å². The molecule has 0 spiro atoms. The third-order valence-corrected chi connectivity index (χ3v) is 7.17. The van der Waals surface area contributed by atoms with E-state index in [1.54, 1.807) is 0 Å². The first-order chi connectivity index (χ1) is 13.0. The summed E-state index contributed by atoms with van der Waals surface area (Å²) in [6.45, 7) is 16.7. The van der Waals surface area contributed by atoms with Gasteiger partial charge in [-0.25, -0.2) is 0 Å². The van der Waals surface area contributed by atoms with Gasteiger partial charge >= 0.3 is 0 Å². The largest absolute Gasteiger partial charge is 0.375 e. The summed E-state index contributed by atoms with van der Waals surface area (Å²) < 4.78 is 6.22. The second-order valence-corrected chi connectivity index (χ2v) is 9.52. The van der Waals surface area contributed by atoms with Gasteiger partial charge < -0.3 is 9.64 Å². The van der Waals surface area contributed by atoms with Crippen LogP contribution in [0.25, 0.3) is 0 Å². The number of nitrogens with zero attached hydrogens (tertiary/aromatic N) is 2. The van der Waals surface area contributed by atoms with Gasteiger partial charge in [0.2, 0.25) is 0 Å². The molecule has 0 aromatic heterocycles. The lowest BCUT2D eigenvalue weighted by Gasteiger charge is -2.43. The van der Waals surface area contributed by atoms with Crippen molar-refractivity contribution in [2.75, 3.05) is 26.2 Å². The summed E-state index contributed by atoms with van der Waals surface area (Å²) in [5, 5.41) is 0. The molecule has 1 heterocycles. The van der Waals surface area contributed by atoms with E-state index >= 15 is 0 Å². The fraction of sp³-hybridized carbons (Fsp3) is 1.00. The van der Waals surface area contributed by atoms with Crippen molar-refractivity contribution in [3.05, 3.63) is 0 Å². The van der Waals surface area contributed by atoms with Crippen LogP contribution in [0.2, 0.25) is 0 Å². The summed E-state index contributed by atoms with van der Waals surface area (Å²) in [6.07, 6.45) is 14.4. The summed E-state index contributed by atoms with van der Waals surface area (Å²) in [4.78, 5) is 5.42. The SMILES string of the molecule is CCCC(C)OC1CCC(CCCCN2CCN(C(C)CC)[C@H](C)C2)CC1. The van der Waals surface area contributed by atoms with Crippen LogP contribution < -0.4 is 0 Å². The lowest BCUT2D eigenvalue weighted by molar-refractivity contribution is -0.0321. The number of ether oxygens (including phenoxy) is 1. The van der Waals surface area contributed by atoms with Crippen molar-refractivity contribution >= 4 is 0 Å². The zero-order chi connectivity index (χ0) is 19.6. The van der Waals surface area contributed by atoms with Crippen LogP contribution in [0.3, 0.4) is 0 Å². The molecule has 0 amide bonds. The topological polar surface area (TPSA) is 15.7 Å². The molecule has 3 atom stereocenters. The van der Waals surface area contributed by atoms with E-state index in [1.165, 1.54) is 90.4 Å². The molecule has 0 radical (unpaired) electrons. The predicted octanol–water partition coefficient (Wildman–Crippen LogP) is 5.73. The maximum Gasteiger partial charge on any atom is 0.0579 e. The minimum Gasteiger partial charge on any atom is -0.375 e. The van der Waals surface area contributed by atoms with Crippen molar-refractivity contribution in [3.8, 4) is 0 Å². The Morgan fingerprint density at radius 1 is 1.00 bits per heavy atom. The molecule has 2 fully saturated rings. The Bertz CT molecular complexity index is 381. The van der Waals surface area contributed by atoms with Gasteiger partial charge in [-0.15, -0.1) is 0 Å². The number of piperazine rings is 1. The van der Waals surface area contributed by atoms with Gasteiger partial charge in [0.1, 0.15) is 0 Å². The zero-order valence-electron chi connectivity index (χ0n) is 19.1. The zero-order valence-corrected chi connectivity index (χ0v) is 19.1. The van der Waals surface area contributed by atoms with Crippen LogP contribution >= 0.6 is 0 Å². The highest BCUT2D eigenvalue weighted by atomic mass is 16.5. The molecule has 0 bridgehead atoms. The van der Waals surface area contributed by atoms with Gasteiger partial charge in [-0.1, -0.05) is 33.1 Å². The van der Waals surface area contributed by atoms with Crippen LogP contribution in [0.1, 0.15) is 98.8 Å². The summed E-state index contributed by atoms with van der Waals surface area (Å²) in [5.74, 6) is 0.965. The third-order valence-electron chi connectivity index (χ3n) is 7.17. The normalized spacial score (nSPS) is 30.3. The van der Waals surface area contributed by atoms with E-state index in [-0.39, 0.29) is 0 Å². The average molecular weight is 381 g/mol. The van der Waals surface area contributed by atoms with Gasteiger partial charge in [0.05, 0.1) is 12.2 Å². The minimum atomic E-state index is 0.458. The number of rotatable bonds is 11. The molecule has 2 unspecified atom stereocenters. The third kappa shape index (κ3) is 8.03. The molecule has 0 N–H and O–H groups in total. The van der Waals surface area contributed by atoms with Crippen molar-refractivity contribution in [2.24, 2.45) is 5.92 Å². The van der Waals surface area contributed by atoms with E-state index in [0.717, 1.165) is 18.0 Å². The maximum absolute atomic E-state index is 6.22. The molecule has 1 saturated carbocycles. The second kappa shape index (κ2) is 12.4. The van der Waals surface area contributed by atoms with E-state index in [1.807, 2.05) is 0 Å². The number of hydrogen-bond acceptors (Lipinski definition) is 3. The van der Waals surface area contributed by atoms with Crippen molar-refractivity contribution < 1.29 is 4.74 Å². The van der Waals surface area contributed by atoms with Gasteiger partial charge in [-0.05, 0) is 78.2 Å². The summed E-state index contributed by atoms with van der Waals surface area (Å²) in [5.41, 5.74) is 0. The first-order valence-corrected chi connectivity index (χ1v) is 12.2. The molecule has 1 saturated heterocycles. The highest BCUT2D eigenvalue weighted by Gasteiger charge is 2.26. The fourth-order valence-electron chi connectivity index (χ4n) is 5.27. The molecule has 0 aromatic carbocycles. The Morgan fingerprint density at radius 3 is 2.37 bits per heavy atom. The lowest BCUT2D eigenvalue weighted by Crippen LogP contribution is -2.54. The predicted molar refractivity (Wildman–Crippen MR) is 117 cm³/mol. The van der Waals surface area contributed by atoms with Gasteiger partial charge in [0.15, 0.2) is 0 Å². The van der Waals surface area contributed by atoms with Gasteiger partial charge in [0, 0.05) is 31.7 Å². The minimum absolute atomic E-state index is 0.458. The molecule has 2 rings (SSSR count). The molecule has 27 heavy (non-hydrogen) atoms. The highest BCUT2D eigenvalue weighted by molar-refractivity contribution is 4.82. The lowest BCUT2D eigenvalue weighted by atomic mass is 9.84. The summed E-state index contributed by atoms with van der Waals surface area (Å²) in [7, 11) is 0. The van der Waals surface area contributed by atoms with Crippen molar-refractivity contribution in [1.29, 1.82) is 0 Å². The van der Waals surface area contributed by atoms with Crippen LogP contribution in [0.15, 0.2) is 0 Å². The van der Waals surface area contributed by atoms with Gasteiger partial charge in [0.25, 0.3) is 0 Å². The van der Waals surface area contributed by atoms with E-state index in [4.69, 9.17) is 4.74 Å². The Hall–Kier alpha value is -0.120. The molecule has 3 nitrogen and oxygen atoms in total. The first-order valence-electron chi connectivity index (χ1n) is 12.2. The van der Waals surface area contributed by atoms with Crippen LogP contribution in [0, 0.1) is 5.92 Å². The summed E-state index contributed by atoms with van der Waals surface area (Å²) in [6, 6.07) is 1.46. The Labute approximate surface area is 170 Å². The van der Waals surface area contributed by atoms with Crippen LogP contribution in [0.4, 0.5) is 0 Å². The number of hydrogen-bond donors (Lipinski definition) is 0. The van der Waals surface area contributed by atoms with Crippen molar-refractivity contribution in [3.63, 3.8) is 0 Å².